The van der Waals surface area contributed by atoms with E-state index in [2.05, 4.69) is 10.4 Å². The number of carbonyl (C=O) groups excluding carboxylic acids is 1. The van der Waals surface area contributed by atoms with E-state index in [-0.39, 0.29) is 12.5 Å². The van der Waals surface area contributed by atoms with E-state index in [1.807, 2.05) is 31.2 Å². The number of nitrogens with one attached hydrogen (secondary N) is 1. The molecule has 0 saturated heterocycles. The molecular weight excluding hydrogens is 230 g/mol. The van der Waals surface area contributed by atoms with Gasteiger partial charge in [0.25, 0.3) is 5.91 Å². The van der Waals surface area contributed by atoms with E-state index in [9.17, 15) is 4.79 Å². The fourth-order valence-corrected chi connectivity index (χ4v) is 1.52. The molecule has 0 radical (unpaired) electrons. The lowest BCUT2D eigenvalue weighted by atomic mass is 10.2. The van der Waals surface area contributed by atoms with Crippen molar-refractivity contribution in [2.75, 3.05) is 11.9 Å². The molecule has 0 aliphatic carbocycles. The first-order valence-corrected chi connectivity index (χ1v) is 5.62. The zero-order valence-corrected chi connectivity index (χ0v) is 10.4. The number of amides is 1. The number of nitrogens with zero attached hydrogens (tertiary/aromatic N) is 2. The van der Waals surface area contributed by atoms with Gasteiger partial charge < -0.3 is 10.1 Å². The molecule has 5 heteroatoms. The molecule has 0 saturated carbocycles. The van der Waals surface area contributed by atoms with Crippen molar-refractivity contribution in [2.24, 2.45) is 7.05 Å². The van der Waals surface area contributed by atoms with E-state index >= 15 is 0 Å². The highest BCUT2D eigenvalue weighted by Crippen LogP contribution is 2.13. The van der Waals surface area contributed by atoms with E-state index in [0.717, 1.165) is 11.3 Å². The standard InChI is InChI=1S/C13H15N3O2/c1-10-5-3-4-6-12(10)15-13(17)9-18-11-7-14-16(2)8-11/h3-8H,9H2,1-2H3,(H,15,17). The summed E-state index contributed by atoms with van der Waals surface area (Å²) < 4.78 is 6.92. The molecule has 0 fully saturated rings. The quantitative estimate of drug-likeness (QED) is 0.892. The lowest BCUT2D eigenvalue weighted by molar-refractivity contribution is -0.118. The van der Waals surface area contributed by atoms with Gasteiger partial charge in [0.2, 0.25) is 0 Å². The number of ether oxygens (including phenoxy) is 1. The molecular formula is C13H15N3O2. The van der Waals surface area contributed by atoms with Crippen molar-refractivity contribution >= 4 is 11.6 Å². The number of anilines is 1. The molecule has 0 aliphatic heterocycles. The van der Waals surface area contributed by atoms with Crippen LogP contribution in [0, 0.1) is 6.92 Å². The predicted molar refractivity (Wildman–Crippen MR) is 68.5 cm³/mol. The van der Waals surface area contributed by atoms with Gasteiger partial charge in [-0.1, -0.05) is 18.2 Å². The lowest BCUT2D eigenvalue weighted by Gasteiger charge is -2.08. The van der Waals surface area contributed by atoms with Crippen LogP contribution in [0.2, 0.25) is 0 Å². The number of benzene rings is 1. The first-order chi connectivity index (χ1) is 8.65. The highest BCUT2D eigenvalue weighted by atomic mass is 16.5. The Balaban J connectivity index is 1.88. The van der Waals surface area contributed by atoms with E-state index in [4.69, 9.17) is 4.74 Å². The SMILES string of the molecule is Cc1ccccc1NC(=O)COc1cnn(C)c1. The molecule has 2 rings (SSSR count). The monoisotopic (exact) mass is 245 g/mol. The van der Waals surface area contributed by atoms with Gasteiger partial charge in [-0.15, -0.1) is 0 Å². The summed E-state index contributed by atoms with van der Waals surface area (Å²) in [5.41, 5.74) is 1.82. The number of aryl methyl sites for hydroxylation is 2. The Bertz CT molecular complexity index is 549. The number of rotatable bonds is 4. The Morgan fingerprint density at radius 2 is 2.22 bits per heavy atom. The van der Waals surface area contributed by atoms with Gasteiger partial charge in [0.05, 0.1) is 12.4 Å². The van der Waals surface area contributed by atoms with Gasteiger partial charge in [0, 0.05) is 12.7 Å². The molecule has 0 unspecified atom stereocenters. The third-order valence-electron chi connectivity index (χ3n) is 2.47. The summed E-state index contributed by atoms with van der Waals surface area (Å²) in [4.78, 5) is 11.7. The second-order valence-corrected chi connectivity index (χ2v) is 4.00. The van der Waals surface area contributed by atoms with Crippen molar-refractivity contribution in [3.05, 3.63) is 42.2 Å². The second kappa shape index (κ2) is 5.35. The smallest absolute Gasteiger partial charge is 0.262 e. The third-order valence-corrected chi connectivity index (χ3v) is 2.47. The van der Waals surface area contributed by atoms with Crippen molar-refractivity contribution in [3.63, 3.8) is 0 Å². The van der Waals surface area contributed by atoms with Crippen LogP contribution in [-0.4, -0.2) is 22.3 Å². The Kier molecular flexibility index (Phi) is 3.62. The molecule has 94 valence electrons. The molecule has 0 atom stereocenters. The number of carbonyl (C=O) groups is 1. The summed E-state index contributed by atoms with van der Waals surface area (Å²) in [6, 6.07) is 7.61. The van der Waals surface area contributed by atoms with Crippen LogP contribution in [0.3, 0.4) is 0 Å². The average molecular weight is 245 g/mol. The summed E-state index contributed by atoms with van der Waals surface area (Å²) in [6.45, 7) is 1.91. The molecule has 0 aliphatic rings. The van der Waals surface area contributed by atoms with Crippen LogP contribution in [0.15, 0.2) is 36.7 Å². The van der Waals surface area contributed by atoms with Crippen molar-refractivity contribution in [2.45, 2.75) is 6.92 Å². The third kappa shape index (κ3) is 3.10. The largest absolute Gasteiger partial charge is 0.480 e. The van der Waals surface area contributed by atoms with Crippen LogP contribution in [-0.2, 0) is 11.8 Å². The maximum atomic E-state index is 11.7. The Morgan fingerprint density at radius 1 is 1.44 bits per heavy atom. The number of para-hydroxylation sites is 1. The lowest BCUT2D eigenvalue weighted by Crippen LogP contribution is -2.20. The summed E-state index contributed by atoms with van der Waals surface area (Å²) in [5.74, 6) is 0.394. The van der Waals surface area contributed by atoms with E-state index in [0.29, 0.717) is 5.75 Å². The fraction of sp³-hybridized carbons (Fsp3) is 0.231. The van der Waals surface area contributed by atoms with Gasteiger partial charge in [0.1, 0.15) is 0 Å². The highest BCUT2D eigenvalue weighted by molar-refractivity contribution is 5.92. The van der Waals surface area contributed by atoms with E-state index in [1.54, 1.807) is 24.1 Å². The highest BCUT2D eigenvalue weighted by Gasteiger charge is 2.05. The van der Waals surface area contributed by atoms with Crippen LogP contribution in [0.4, 0.5) is 5.69 Å². The minimum atomic E-state index is -0.187. The first kappa shape index (κ1) is 12.2. The Labute approximate surface area is 105 Å². The molecule has 1 aromatic heterocycles. The Morgan fingerprint density at radius 3 is 2.89 bits per heavy atom. The average Bonchev–Trinajstić information content (AvgIpc) is 2.76. The molecule has 1 aromatic carbocycles. The summed E-state index contributed by atoms with van der Waals surface area (Å²) in [5, 5.41) is 6.75. The normalized spacial score (nSPS) is 10.1. The molecule has 2 aromatic rings. The van der Waals surface area contributed by atoms with Gasteiger partial charge in [0.15, 0.2) is 12.4 Å². The van der Waals surface area contributed by atoms with Gasteiger partial charge in [-0.2, -0.15) is 5.10 Å². The molecule has 0 bridgehead atoms. The predicted octanol–water partition coefficient (Wildman–Crippen LogP) is 1.75. The molecule has 1 heterocycles. The topological polar surface area (TPSA) is 56.1 Å². The molecule has 1 N–H and O–H groups in total. The summed E-state index contributed by atoms with van der Waals surface area (Å²) in [6.07, 6.45) is 3.28. The van der Waals surface area contributed by atoms with E-state index < -0.39 is 0 Å². The van der Waals surface area contributed by atoms with Crippen molar-refractivity contribution < 1.29 is 9.53 Å². The van der Waals surface area contributed by atoms with Crippen molar-refractivity contribution in [1.29, 1.82) is 0 Å². The molecule has 1 amide bonds. The minimum absolute atomic E-state index is 0.0278. The van der Waals surface area contributed by atoms with Gasteiger partial charge >= 0.3 is 0 Å². The van der Waals surface area contributed by atoms with Crippen LogP contribution in [0.5, 0.6) is 5.75 Å². The number of aromatic nitrogens is 2. The number of hydrogen-bond donors (Lipinski definition) is 1. The van der Waals surface area contributed by atoms with Gasteiger partial charge in [-0.25, -0.2) is 0 Å². The zero-order valence-electron chi connectivity index (χ0n) is 10.4. The van der Waals surface area contributed by atoms with Crippen molar-refractivity contribution in [3.8, 4) is 5.75 Å². The van der Waals surface area contributed by atoms with Gasteiger partial charge in [-0.3, -0.25) is 9.48 Å². The maximum Gasteiger partial charge on any atom is 0.262 e. The molecule has 18 heavy (non-hydrogen) atoms. The Hall–Kier alpha value is -2.30. The second-order valence-electron chi connectivity index (χ2n) is 4.00. The van der Waals surface area contributed by atoms with Crippen LogP contribution >= 0.6 is 0 Å². The summed E-state index contributed by atoms with van der Waals surface area (Å²) in [7, 11) is 1.79. The maximum absolute atomic E-state index is 11.7. The minimum Gasteiger partial charge on any atom is -0.480 e. The van der Waals surface area contributed by atoms with Crippen LogP contribution in [0.1, 0.15) is 5.56 Å². The van der Waals surface area contributed by atoms with Crippen LogP contribution < -0.4 is 10.1 Å². The zero-order chi connectivity index (χ0) is 13.0. The van der Waals surface area contributed by atoms with Crippen molar-refractivity contribution in [1.82, 2.24) is 9.78 Å². The summed E-state index contributed by atoms with van der Waals surface area (Å²) >= 11 is 0. The number of hydrogen-bond acceptors (Lipinski definition) is 3. The first-order valence-electron chi connectivity index (χ1n) is 5.62. The van der Waals surface area contributed by atoms with E-state index in [1.165, 1.54) is 0 Å². The van der Waals surface area contributed by atoms with Gasteiger partial charge in [-0.05, 0) is 18.6 Å². The molecule has 0 spiro atoms. The molecule has 5 nitrogen and oxygen atoms in total. The fourth-order valence-electron chi connectivity index (χ4n) is 1.52. The van der Waals surface area contributed by atoms with Crippen LogP contribution in [0.25, 0.3) is 0 Å².